The molecular weight excluding hydrogens is 306 g/mol. The smallest absolute Gasteiger partial charge is 0.207 e. The molecule has 0 amide bonds. The van der Waals surface area contributed by atoms with Crippen LogP contribution in [0.3, 0.4) is 0 Å². The topological polar surface area (TPSA) is 46.2 Å². The van der Waals surface area contributed by atoms with Crippen molar-refractivity contribution in [1.29, 1.82) is 0 Å². The van der Waals surface area contributed by atoms with Crippen LogP contribution in [0.5, 0.6) is 0 Å². The predicted octanol–water partition coefficient (Wildman–Crippen LogP) is 3.77. The summed E-state index contributed by atoms with van der Waals surface area (Å²) in [5, 5.41) is 0.243. The highest BCUT2D eigenvalue weighted by Crippen LogP contribution is 2.41. The van der Waals surface area contributed by atoms with Crippen molar-refractivity contribution in [2.75, 3.05) is 0 Å². The maximum Gasteiger partial charge on any atom is 0.242 e. The fraction of sp³-hybridized carbons (Fsp3) is 0.250. The summed E-state index contributed by atoms with van der Waals surface area (Å²) in [6.45, 7) is 0. The summed E-state index contributed by atoms with van der Waals surface area (Å²) in [7, 11) is -3.63. The number of sulfonamides is 1. The Morgan fingerprint density at radius 1 is 1.00 bits per heavy atom. The van der Waals surface area contributed by atoms with Gasteiger partial charge >= 0.3 is 0 Å². The summed E-state index contributed by atoms with van der Waals surface area (Å²) in [5.74, 6) is 0.365. The Kier molecular flexibility index (Phi) is 4.02. The van der Waals surface area contributed by atoms with Crippen molar-refractivity contribution < 1.29 is 8.42 Å². The van der Waals surface area contributed by atoms with Gasteiger partial charge in [-0.15, -0.1) is 0 Å². The van der Waals surface area contributed by atoms with Crippen molar-refractivity contribution >= 4 is 21.6 Å². The fourth-order valence-electron chi connectivity index (χ4n) is 2.42. The molecule has 0 bridgehead atoms. The predicted molar refractivity (Wildman–Crippen MR) is 83.7 cm³/mol. The molecule has 0 spiro atoms. The van der Waals surface area contributed by atoms with Gasteiger partial charge in [0.25, 0.3) is 0 Å². The molecule has 2 aromatic rings. The third-order valence-corrected chi connectivity index (χ3v) is 5.60. The molecule has 21 heavy (non-hydrogen) atoms. The van der Waals surface area contributed by atoms with Gasteiger partial charge in [0, 0.05) is 6.04 Å². The molecule has 1 aliphatic carbocycles. The molecular formula is C16H16ClNO2S. The summed E-state index contributed by atoms with van der Waals surface area (Å²) >= 11 is 6.01. The van der Waals surface area contributed by atoms with Gasteiger partial charge in [0.1, 0.15) is 4.90 Å². The van der Waals surface area contributed by atoms with E-state index in [1.54, 1.807) is 18.2 Å². The fourth-order valence-corrected chi connectivity index (χ4v) is 4.23. The van der Waals surface area contributed by atoms with Crippen LogP contribution < -0.4 is 4.72 Å². The Morgan fingerprint density at radius 2 is 1.62 bits per heavy atom. The molecule has 0 aliphatic heterocycles. The van der Waals surface area contributed by atoms with E-state index in [2.05, 4.69) is 4.72 Å². The van der Waals surface area contributed by atoms with Gasteiger partial charge in [0.05, 0.1) is 5.02 Å². The van der Waals surface area contributed by atoms with Crippen molar-refractivity contribution in [1.82, 2.24) is 4.72 Å². The molecule has 0 radical (unpaired) electrons. The Morgan fingerprint density at radius 3 is 2.24 bits per heavy atom. The molecule has 1 N–H and O–H groups in total. The van der Waals surface area contributed by atoms with E-state index in [9.17, 15) is 8.42 Å². The minimum atomic E-state index is -3.63. The zero-order valence-corrected chi connectivity index (χ0v) is 12.9. The van der Waals surface area contributed by atoms with Crippen LogP contribution in [-0.4, -0.2) is 8.42 Å². The first-order valence-electron chi connectivity index (χ1n) is 6.90. The van der Waals surface area contributed by atoms with Gasteiger partial charge in [0.15, 0.2) is 0 Å². The molecule has 1 fully saturated rings. The Labute approximate surface area is 130 Å². The normalized spacial score (nSPS) is 16.6. The molecule has 2 aromatic carbocycles. The largest absolute Gasteiger partial charge is 0.242 e. The van der Waals surface area contributed by atoms with Crippen molar-refractivity contribution in [3.8, 4) is 0 Å². The lowest BCUT2D eigenvalue weighted by molar-refractivity contribution is 0.529. The van der Waals surface area contributed by atoms with E-state index in [0.717, 1.165) is 18.4 Å². The third-order valence-electron chi connectivity index (χ3n) is 3.66. The van der Waals surface area contributed by atoms with Crippen molar-refractivity contribution in [2.45, 2.75) is 23.8 Å². The number of halogens is 1. The average molecular weight is 322 g/mol. The first kappa shape index (κ1) is 14.6. The quantitative estimate of drug-likeness (QED) is 0.911. The van der Waals surface area contributed by atoms with Gasteiger partial charge in [-0.05, 0) is 36.5 Å². The van der Waals surface area contributed by atoms with Crippen molar-refractivity contribution in [2.24, 2.45) is 5.92 Å². The molecule has 0 aromatic heterocycles. The third kappa shape index (κ3) is 3.28. The Hall–Kier alpha value is -1.36. The van der Waals surface area contributed by atoms with Crippen LogP contribution in [0.4, 0.5) is 0 Å². The van der Waals surface area contributed by atoms with Gasteiger partial charge in [0.2, 0.25) is 10.0 Å². The molecule has 110 valence electrons. The Bertz CT molecular complexity index is 727. The average Bonchev–Trinajstić information content (AvgIpc) is 3.31. The molecule has 0 heterocycles. The van der Waals surface area contributed by atoms with E-state index < -0.39 is 10.0 Å². The summed E-state index contributed by atoms with van der Waals surface area (Å²) in [6, 6.07) is 16.0. The molecule has 5 heteroatoms. The lowest BCUT2D eigenvalue weighted by Gasteiger charge is -2.19. The second-order valence-corrected chi connectivity index (χ2v) is 7.37. The number of nitrogens with one attached hydrogen (secondary N) is 1. The number of hydrogen-bond donors (Lipinski definition) is 1. The number of rotatable bonds is 5. The van der Waals surface area contributed by atoms with E-state index in [1.165, 1.54) is 6.07 Å². The highest BCUT2D eigenvalue weighted by molar-refractivity contribution is 7.89. The van der Waals surface area contributed by atoms with Gasteiger partial charge in [-0.25, -0.2) is 13.1 Å². The first-order chi connectivity index (χ1) is 10.1. The summed E-state index contributed by atoms with van der Waals surface area (Å²) < 4.78 is 28.0. The molecule has 0 unspecified atom stereocenters. The van der Waals surface area contributed by atoms with Crippen molar-refractivity contribution in [3.63, 3.8) is 0 Å². The van der Waals surface area contributed by atoms with Crippen molar-refractivity contribution in [3.05, 3.63) is 65.2 Å². The lowest BCUT2D eigenvalue weighted by atomic mass is 10.0. The van der Waals surface area contributed by atoms with E-state index in [4.69, 9.17) is 11.6 Å². The first-order valence-corrected chi connectivity index (χ1v) is 8.76. The molecule has 1 atom stereocenters. The van der Waals surface area contributed by atoms with Gasteiger partial charge < -0.3 is 0 Å². The lowest BCUT2D eigenvalue weighted by Crippen LogP contribution is -2.30. The minimum absolute atomic E-state index is 0.133. The molecule has 3 nitrogen and oxygen atoms in total. The SMILES string of the molecule is O=S(=O)(N[C@@H](c1ccccc1)C1CC1)c1ccccc1Cl. The van der Waals surface area contributed by atoms with Crippen LogP contribution >= 0.6 is 11.6 Å². The van der Waals surface area contributed by atoms with E-state index in [1.807, 2.05) is 30.3 Å². The summed E-state index contributed by atoms with van der Waals surface area (Å²) in [6.07, 6.45) is 2.09. The second kappa shape index (κ2) is 5.79. The Balaban J connectivity index is 1.91. The zero-order chi connectivity index (χ0) is 14.9. The van der Waals surface area contributed by atoms with Crippen LogP contribution in [0.2, 0.25) is 5.02 Å². The van der Waals surface area contributed by atoms with E-state index >= 15 is 0 Å². The van der Waals surface area contributed by atoms with Gasteiger partial charge in [-0.2, -0.15) is 0 Å². The van der Waals surface area contributed by atoms with Crippen LogP contribution in [0.25, 0.3) is 0 Å². The molecule has 1 aliphatic rings. The summed E-state index contributed by atoms with van der Waals surface area (Å²) in [5.41, 5.74) is 0.996. The molecule has 0 saturated heterocycles. The molecule has 3 rings (SSSR count). The van der Waals surface area contributed by atoms with Gasteiger partial charge in [-0.3, -0.25) is 0 Å². The summed E-state index contributed by atoms with van der Waals surface area (Å²) in [4.78, 5) is 0.133. The monoisotopic (exact) mass is 321 g/mol. The minimum Gasteiger partial charge on any atom is -0.207 e. The van der Waals surface area contributed by atoms with Crippen LogP contribution in [-0.2, 0) is 10.0 Å². The standard InChI is InChI=1S/C16H16ClNO2S/c17-14-8-4-5-9-15(14)21(19,20)18-16(13-10-11-13)12-6-2-1-3-7-12/h1-9,13,16,18H,10-11H2/t16-/m0/s1. The van der Waals surface area contributed by atoms with Crippen LogP contribution in [0.15, 0.2) is 59.5 Å². The highest BCUT2D eigenvalue weighted by atomic mass is 35.5. The van der Waals surface area contributed by atoms with E-state index in [-0.39, 0.29) is 16.0 Å². The van der Waals surface area contributed by atoms with Crippen LogP contribution in [0.1, 0.15) is 24.4 Å². The highest BCUT2D eigenvalue weighted by Gasteiger charge is 2.35. The van der Waals surface area contributed by atoms with Gasteiger partial charge in [-0.1, -0.05) is 54.1 Å². The maximum absolute atomic E-state index is 12.6. The molecule has 1 saturated carbocycles. The number of hydrogen-bond acceptors (Lipinski definition) is 2. The zero-order valence-electron chi connectivity index (χ0n) is 11.4. The van der Waals surface area contributed by atoms with Crippen LogP contribution in [0, 0.1) is 5.92 Å². The van der Waals surface area contributed by atoms with E-state index in [0.29, 0.717) is 5.92 Å². The maximum atomic E-state index is 12.6. The second-order valence-electron chi connectivity index (χ2n) is 5.28. The number of benzene rings is 2.